The van der Waals surface area contributed by atoms with Crippen molar-refractivity contribution in [3.63, 3.8) is 0 Å². The lowest BCUT2D eigenvalue weighted by molar-refractivity contribution is -0.137. The quantitative estimate of drug-likeness (QED) is 0.500. The maximum Gasteiger partial charge on any atom is 0.303 e. The molecule has 0 fully saturated rings. The SMILES string of the molecule is CC(NC(=O)CCCC(=O)O)c1cc2cc(OCc3ccc(O)cc3)ccc2o1. The van der Waals surface area contributed by atoms with Crippen LogP contribution in [0.15, 0.2) is 52.9 Å². The molecule has 0 bridgehead atoms. The summed E-state index contributed by atoms with van der Waals surface area (Å²) in [6, 6.07) is 13.8. The molecule has 0 radical (unpaired) electrons. The van der Waals surface area contributed by atoms with E-state index in [0.29, 0.717) is 30.1 Å². The number of furan rings is 1. The number of amides is 1. The predicted octanol–water partition coefficient (Wildman–Crippen LogP) is 4.15. The number of phenols is 1. The van der Waals surface area contributed by atoms with Gasteiger partial charge in [0.05, 0.1) is 6.04 Å². The van der Waals surface area contributed by atoms with Gasteiger partial charge in [0.25, 0.3) is 0 Å². The number of aliphatic carboxylic acids is 1. The Hall–Kier alpha value is -3.48. The fourth-order valence-electron chi connectivity index (χ4n) is 2.89. The Morgan fingerprint density at radius 2 is 1.86 bits per heavy atom. The monoisotopic (exact) mass is 397 g/mol. The minimum absolute atomic E-state index is 0.0284. The van der Waals surface area contributed by atoms with Gasteiger partial charge in [-0.3, -0.25) is 9.59 Å². The van der Waals surface area contributed by atoms with E-state index in [9.17, 15) is 14.7 Å². The van der Waals surface area contributed by atoms with Gasteiger partial charge in [0.2, 0.25) is 5.91 Å². The second-order valence-electron chi connectivity index (χ2n) is 6.84. The minimum Gasteiger partial charge on any atom is -0.508 e. The van der Waals surface area contributed by atoms with Crippen LogP contribution >= 0.6 is 0 Å². The fraction of sp³-hybridized carbons (Fsp3) is 0.273. The number of nitrogens with one attached hydrogen (secondary N) is 1. The first-order valence-corrected chi connectivity index (χ1v) is 9.36. The van der Waals surface area contributed by atoms with Gasteiger partial charge in [0.15, 0.2) is 0 Å². The third kappa shape index (κ3) is 5.75. The Morgan fingerprint density at radius 3 is 2.59 bits per heavy atom. The van der Waals surface area contributed by atoms with Gasteiger partial charge in [-0.25, -0.2) is 0 Å². The van der Waals surface area contributed by atoms with Crippen LogP contribution in [0.1, 0.15) is 43.6 Å². The van der Waals surface area contributed by atoms with Gasteiger partial charge >= 0.3 is 5.97 Å². The Balaban J connectivity index is 1.60. The standard InChI is InChI=1S/C22H23NO6/c1-14(23-21(25)3-2-4-22(26)27)20-12-16-11-18(9-10-19(16)29-20)28-13-15-5-7-17(24)8-6-15/h5-12,14,24H,2-4,13H2,1H3,(H,23,25)(H,26,27). The molecule has 0 aliphatic heterocycles. The lowest BCUT2D eigenvalue weighted by Crippen LogP contribution is -2.26. The highest BCUT2D eigenvalue weighted by Crippen LogP contribution is 2.28. The van der Waals surface area contributed by atoms with Crippen molar-refractivity contribution < 1.29 is 29.0 Å². The van der Waals surface area contributed by atoms with Crippen molar-refractivity contribution >= 4 is 22.8 Å². The fourth-order valence-corrected chi connectivity index (χ4v) is 2.89. The summed E-state index contributed by atoms with van der Waals surface area (Å²) in [5, 5.41) is 21.6. The molecule has 29 heavy (non-hydrogen) atoms. The van der Waals surface area contributed by atoms with Gasteiger partial charge in [-0.05, 0) is 55.3 Å². The molecular weight excluding hydrogens is 374 g/mol. The number of carboxylic acid groups (broad SMARTS) is 1. The first kappa shape index (κ1) is 20.3. The minimum atomic E-state index is -0.911. The van der Waals surface area contributed by atoms with E-state index < -0.39 is 5.97 Å². The molecule has 3 N–H and O–H groups in total. The number of carbonyl (C=O) groups is 2. The lowest BCUT2D eigenvalue weighted by atomic mass is 10.2. The Kier molecular flexibility index (Phi) is 6.39. The highest BCUT2D eigenvalue weighted by Gasteiger charge is 2.15. The van der Waals surface area contributed by atoms with E-state index in [4.69, 9.17) is 14.3 Å². The molecular formula is C22H23NO6. The molecule has 0 aliphatic carbocycles. The van der Waals surface area contributed by atoms with Gasteiger partial charge in [0, 0.05) is 18.2 Å². The van der Waals surface area contributed by atoms with Crippen molar-refractivity contribution in [2.75, 3.05) is 0 Å². The molecule has 7 nitrogen and oxygen atoms in total. The third-order valence-electron chi connectivity index (χ3n) is 4.45. The first-order valence-electron chi connectivity index (χ1n) is 9.36. The number of hydrogen-bond acceptors (Lipinski definition) is 5. The topological polar surface area (TPSA) is 109 Å². The summed E-state index contributed by atoms with van der Waals surface area (Å²) in [5.74, 6) is 0.387. The van der Waals surface area contributed by atoms with E-state index in [0.717, 1.165) is 10.9 Å². The molecule has 0 saturated heterocycles. The highest BCUT2D eigenvalue weighted by molar-refractivity contribution is 5.80. The molecule has 0 aliphatic rings. The Labute approximate surface area is 167 Å². The van der Waals surface area contributed by atoms with Crippen molar-refractivity contribution in [3.8, 4) is 11.5 Å². The number of ether oxygens (including phenoxy) is 1. The predicted molar refractivity (Wildman–Crippen MR) is 107 cm³/mol. The number of aromatic hydroxyl groups is 1. The van der Waals surface area contributed by atoms with E-state index in [2.05, 4.69) is 5.32 Å². The van der Waals surface area contributed by atoms with Crippen molar-refractivity contribution in [3.05, 3.63) is 59.9 Å². The Bertz CT molecular complexity index is 992. The molecule has 1 aromatic heterocycles. The van der Waals surface area contributed by atoms with Crippen LogP contribution in [0, 0.1) is 0 Å². The van der Waals surface area contributed by atoms with Crippen LogP contribution in [0.25, 0.3) is 11.0 Å². The zero-order valence-corrected chi connectivity index (χ0v) is 16.1. The first-order chi connectivity index (χ1) is 13.9. The molecule has 0 spiro atoms. The van der Waals surface area contributed by atoms with E-state index in [1.807, 2.05) is 31.2 Å². The molecule has 7 heteroatoms. The Morgan fingerprint density at radius 1 is 1.10 bits per heavy atom. The number of phenolic OH excluding ortho intramolecular Hbond substituents is 1. The number of rotatable bonds is 9. The maximum absolute atomic E-state index is 11.9. The van der Waals surface area contributed by atoms with Crippen LogP contribution in [-0.4, -0.2) is 22.1 Å². The molecule has 2 aromatic carbocycles. The van der Waals surface area contributed by atoms with Crippen molar-refractivity contribution in [2.24, 2.45) is 0 Å². The summed E-state index contributed by atoms with van der Waals surface area (Å²) in [5.41, 5.74) is 1.62. The van der Waals surface area contributed by atoms with Gasteiger partial charge in [-0.1, -0.05) is 12.1 Å². The van der Waals surface area contributed by atoms with Crippen molar-refractivity contribution in [1.29, 1.82) is 0 Å². The summed E-state index contributed by atoms with van der Waals surface area (Å²) in [6.07, 6.45) is 0.432. The zero-order valence-electron chi connectivity index (χ0n) is 16.1. The van der Waals surface area contributed by atoms with E-state index >= 15 is 0 Å². The van der Waals surface area contributed by atoms with Crippen LogP contribution in [0.4, 0.5) is 0 Å². The van der Waals surface area contributed by atoms with Crippen LogP contribution in [0.5, 0.6) is 11.5 Å². The van der Waals surface area contributed by atoms with Crippen LogP contribution in [0.3, 0.4) is 0 Å². The van der Waals surface area contributed by atoms with Crippen LogP contribution in [0.2, 0.25) is 0 Å². The summed E-state index contributed by atoms with van der Waals surface area (Å²) >= 11 is 0. The molecule has 1 unspecified atom stereocenters. The molecule has 152 valence electrons. The second kappa shape index (κ2) is 9.14. The second-order valence-corrected chi connectivity index (χ2v) is 6.84. The average molecular weight is 397 g/mol. The molecule has 0 saturated carbocycles. The summed E-state index contributed by atoms with van der Waals surface area (Å²) < 4.78 is 11.6. The van der Waals surface area contributed by atoms with E-state index in [-0.39, 0.29) is 30.5 Å². The summed E-state index contributed by atoms with van der Waals surface area (Å²) in [7, 11) is 0. The maximum atomic E-state index is 11.9. The van der Waals surface area contributed by atoms with Gasteiger partial charge in [-0.15, -0.1) is 0 Å². The van der Waals surface area contributed by atoms with Crippen molar-refractivity contribution in [1.82, 2.24) is 5.32 Å². The van der Waals surface area contributed by atoms with Gasteiger partial charge < -0.3 is 24.7 Å². The lowest BCUT2D eigenvalue weighted by Gasteiger charge is -2.10. The summed E-state index contributed by atoms with van der Waals surface area (Å²) in [6.45, 7) is 2.19. The molecule has 1 atom stereocenters. The van der Waals surface area contributed by atoms with E-state index in [1.54, 1.807) is 24.3 Å². The summed E-state index contributed by atoms with van der Waals surface area (Å²) in [4.78, 5) is 22.5. The number of benzene rings is 2. The van der Waals surface area contributed by atoms with Gasteiger partial charge in [-0.2, -0.15) is 0 Å². The van der Waals surface area contributed by atoms with Crippen LogP contribution in [-0.2, 0) is 16.2 Å². The average Bonchev–Trinajstić information content (AvgIpc) is 3.11. The smallest absolute Gasteiger partial charge is 0.303 e. The van der Waals surface area contributed by atoms with Crippen LogP contribution < -0.4 is 10.1 Å². The highest BCUT2D eigenvalue weighted by atomic mass is 16.5. The van der Waals surface area contributed by atoms with Gasteiger partial charge in [0.1, 0.15) is 29.4 Å². The van der Waals surface area contributed by atoms with E-state index in [1.165, 1.54) is 0 Å². The number of fused-ring (bicyclic) bond motifs is 1. The third-order valence-corrected chi connectivity index (χ3v) is 4.45. The largest absolute Gasteiger partial charge is 0.508 e. The molecule has 3 aromatic rings. The number of carbonyl (C=O) groups excluding carboxylic acids is 1. The molecule has 1 amide bonds. The van der Waals surface area contributed by atoms with Crippen molar-refractivity contribution in [2.45, 2.75) is 38.8 Å². The number of carboxylic acids is 1. The number of hydrogen-bond donors (Lipinski definition) is 3. The molecule has 1 heterocycles. The normalized spacial score (nSPS) is 11.9. The zero-order chi connectivity index (χ0) is 20.8. The molecule has 3 rings (SSSR count).